The van der Waals surface area contributed by atoms with Crippen LogP contribution in [-0.4, -0.2) is 38.6 Å². The SMILES string of the molecule is CCN(CCCNCc1ccc(C)c(C)c1)S(C)(=O)=O. The Morgan fingerprint density at radius 1 is 1.20 bits per heavy atom. The first kappa shape index (κ1) is 17.1. The van der Waals surface area contributed by atoms with Crippen molar-refractivity contribution in [3.8, 4) is 0 Å². The van der Waals surface area contributed by atoms with Gasteiger partial charge in [-0.05, 0) is 43.5 Å². The predicted octanol–water partition coefficient (Wildman–Crippen LogP) is 2.06. The number of hydrogen-bond acceptors (Lipinski definition) is 3. The van der Waals surface area contributed by atoms with Gasteiger partial charge in [0.25, 0.3) is 0 Å². The highest BCUT2D eigenvalue weighted by Crippen LogP contribution is 2.09. The Hall–Kier alpha value is -0.910. The van der Waals surface area contributed by atoms with E-state index in [1.165, 1.54) is 27.3 Å². The van der Waals surface area contributed by atoms with Gasteiger partial charge in [0.2, 0.25) is 10.0 Å². The highest BCUT2D eigenvalue weighted by Gasteiger charge is 2.12. The lowest BCUT2D eigenvalue weighted by Crippen LogP contribution is -2.32. The van der Waals surface area contributed by atoms with E-state index in [1.807, 2.05) is 6.92 Å². The molecule has 0 saturated heterocycles. The zero-order valence-electron chi connectivity index (χ0n) is 12.9. The van der Waals surface area contributed by atoms with E-state index >= 15 is 0 Å². The molecule has 5 heteroatoms. The maximum atomic E-state index is 11.4. The van der Waals surface area contributed by atoms with Crippen LogP contribution in [0.4, 0.5) is 0 Å². The second kappa shape index (κ2) is 7.76. The van der Waals surface area contributed by atoms with Gasteiger partial charge in [0.1, 0.15) is 0 Å². The van der Waals surface area contributed by atoms with Gasteiger partial charge < -0.3 is 5.32 Å². The molecule has 0 aromatic heterocycles. The molecule has 0 aliphatic rings. The fourth-order valence-electron chi connectivity index (χ4n) is 2.09. The molecule has 20 heavy (non-hydrogen) atoms. The number of sulfonamides is 1. The van der Waals surface area contributed by atoms with Gasteiger partial charge in [-0.3, -0.25) is 0 Å². The van der Waals surface area contributed by atoms with E-state index in [-0.39, 0.29) is 0 Å². The van der Waals surface area contributed by atoms with Crippen LogP contribution in [0.2, 0.25) is 0 Å². The number of aryl methyl sites for hydroxylation is 2. The number of hydrogen-bond donors (Lipinski definition) is 1. The lowest BCUT2D eigenvalue weighted by Gasteiger charge is -2.17. The van der Waals surface area contributed by atoms with Crippen LogP contribution in [0, 0.1) is 13.8 Å². The minimum absolute atomic E-state index is 0.538. The van der Waals surface area contributed by atoms with Crippen molar-refractivity contribution in [3.63, 3.8) is 0 Å². The zero-order chi connectivity index (χ0) is 15.2. The Morgan fingerprint density at radius 2 is 1.90 bits per heavy atom. The van der Waals surface area contributed by atoms with Crippen molar-refractivity contribution in [1.82, 2.24) is 9.62 Å². The summed E-state index contributed by atoms with van der Waals surface area (Å²) in [6.45, 7) is 8.85. The normalized spacial score (nSPS) is 12.1. The lowest BCUT2D eigenvalue weighted by atomic mass is 10.1. The van der Waals surface area contributed by atoms with Crippen LogP contribution in [0.15, 0.2) is 18.2 Å². The molecule has 114 valence electrons. The van der Waals surface area contributed by atoms with Gasteiger partial charge >= 0.3 is 0 Å². The van der Waals surface area contributed by atoms with Crippen molar-refractivity contribution in [3.05, 3.63) is 34.9 Å². The smallest absolute Gasteiger partial charge is 0.211 e. The van der Waals surface area contributed by atoms with Crippen LogP contribution < -0.4 is 5.32 Å². The Labute approximate surface area is 123 Å². The largest absolute Gasteiger partial charge is 0.313 e. The van der Waals surface area contributed by atoms with Gasteiger partial charge in [-0.15, -0.1) is 0 Å². The summed E-state index contributed by atoms with van der Waals surface area (Å²) in [4.78, 5) is 0. The minimum Gasteiger partial charge on any atom is -0.313 e. The zero-order valence-corrected chi connectivity index (χ0v) is 13.8. The van der Waals surface area contributed by atoms with Crippen molar-refractivity contribution in [2.45, 2.75) is 33.7 Å². The van der Waals surface area contributed by atoms with Crippen molar-refractivity contribution in [1.29, 1.82) is 0 Å². The first-order chi connectivity index (χ1) is 9.34. The van der Waals surface area contributed by atoms with Gasteiger partial charge in [0.05, 0.1) is 6.26 Å². The number of rotatable bonds is 8. The Balaban J connectivity index is 2.30. The summed E-state index contributed by atoms with van der Waals surface area (Å²) in [6, 6.07) is 6.45. The highest BCUT2D eigenvalue weighted by atomic mass is 32.2. The van der Waals surface area contributed by atoms with Crippen LogP contribution in [0.25, 0.3) is 0 Å². The molecule has 0 aliphatic carbocycles. The van der Waals surface area contributed by atoms with Crippen molar-refractivity contribution < 1.29 is 8.42 Å². The van der Waals surface area contributed by atoms with E-state index in [9.17, 15) is 8.42 Å². The van der Waals surface area contributed by atoms with Crippen LogP contribution in [-0.2, 0) is 16.6 Å². The molecule has 0 bridgehead atoms. The molecule has 0 aliphatic heterocycles. The van der Waals surface area contributed by atoms with E-state index in [4.69, 9.17) is 0 Å². The molecular formula is C15H26N2O2S. The fraction of sp³-hybridized carbons (Fsp3) is 0.600. The number of nitrogens with zero attached hydrogens (tertiary/aromatic N) is 1. The number of nitrogens with one attached hydrogen (secondary N) is 1. The molecule has 0 saturated carbocycles. The van der Waals surface area contributed by atoms with E-state index in [1.54, 1.807) is 0 Å². The van der Waals surface area contributed by atoms with Gasteiger partial charge in [-0.25, -0.2) is 12.7 Å². The van der Waals surface area contributed by atoms with Gasteiger partial charge in [0, 0.05) is 19.6 Å². The lowest BCUT2D eigenvalue weighted by molar-refractivity contribution is 0.419. The molecule has 0 heterocycles. The van der Waals surface area contributed by atoms with E-state index in [0.29, 0.717) is 13.1 Å². The fourth-order valence-corrected chi connectivity index (χ4v) is 3.01. The third-order valence-electron chi connectivity index (χ3n) is 3.48. The van der Waals surface area contributed by atoms with Crippen molar-refractivity contribution in [2.75, 3.05) is 25.9 Å². The van der Waals surface area contributed by atoms with Gasteiger partial charge in [-0.1, -0.05) is 25.1 Å². The first-order valence-corrected chi connectivity index (χ1v) is 8.91. The summed E-state index contributed by atoms with van der Waals surface area (Å²) in [6.07, 6.45) is 2.09. The molecule has 0 fully saturated rings. The van der Waals surface area contributed by atoms with E-state index < -0.39 is 10.0 Å². The van der Waals surface area contributed by atoms with Gasteiger partial charge in [0.15, 0.2) is 0 Å². The summed E-state index contributed by atoms with van der Waals surface area (Å²) in [5, 5.41) is 3.36. The summed E-state index contributed by atoms with van der Waals surface area (Å²) in [5.41, 5.74) is 3.88. The summed E-state index contributed by atoms with van der Waals surface area (Å²) < 4.78 is 24.3. The second-order valence-corrected chi connectivity index (χ2v) is 7.19. The molecule has 4 nitrogen and oxygen atoms in total. The van der Waals surface area contributed by atoms with Crippen molar-refractivity contribution in [2.24, 2.45) is 0 Å². The first-order valence-electron chi connectivity index (χ1n) is 7.06. The summed E-state index contributed by atoms with van der Waals surface area (Å²) in [7, 11) is -3.06. The minimum atomic E-state index is -3.06. The van der Waals surface area contributed by atoms with Crippen LogP contribution in [0.5, 0.6) is 0 Å². The monoisotopic (exact) mass is 298 g/mol. The molecule has 1 rings (SSSR count). The molecule has 0 amide bonds. The average Bonchev–Trinajstić information content (AvgIpc) is 2.36. The molecule has 1 N–H and O–H groups in total. The van der Waals surface area contributed by atoms with E-state index in [0.717, 1.165) is 19.5 Å². The standard InChI is InChI=1S/C15H26N2O2S/c1-5-17(20(4,18)19)10-6-9-16-12-15-8-7-13(2)14(3)11-15/h7-8,11,16H,5-6,9-10,12H2,1-4H3. The Bertz CT molecular complexity index is 527. The summed E-state index contributed by atoms with van der Waals surface area (Å²) >= 11 is 0. The Morgan fingerprint density at radius 3 is 2.45 bits per heavy atom. The maximum Gasteiger partial charge on any atom is 0.211 e. The average molecular weight is 298 g/mol. The molecule has 1 aromatic rings. The Kier molecular flexibility index (Phi) is 6.65. The second-order valence-electron chi connectivity index (χ2n) is 5.20. The topological polar surface area (TPSA) is 49.4 Å². The summed E-state index contributed by atoms with van der Waals surface area (Å²) in [5.74, 6) is 0. The molecule has 0 unspecified atom stereocenters. The number of benzene rings is 1. The third-order valence-corrected chi connectivity index (χ3v) is 4.86. The highest BCUT2D eigenvalue weighted by molar-refractivity contribution is 7.88. The third kappa shape index (κ3) is 5.61. The quantitative estimate of drug-likeness (QED) is 0.747. The molecule has 0 spiro atoms. The van der Waals surface area contributed by atoms with Crippen LogP contribution in [0.1, 0.15) is 30.0 Å². The van der Waals surface area contributed by atoms with Crippen LogP contribution in [0.3, 0.4) is 0 Å². The molecular weight excluding hydrogens is 272 g/mol. The van der Waals surface area contributed by atoms with Gasteiger partial charge in [-0.2, -0.15) is 0 Å². The van der Waals surface area contributed by atoms with Crippen LogP contribution >= 0.6 is 0 Å². The predicted molar refractivity (Wildman–Crippen MR) is 84.3 cm³/mol. The van der Waals surface area contributed by atoms with E-state index in [2.05, 4.69) is 37.4 Å². The molecule has 1 aromatic carbocycles. The molecule has 0 radical (unpaired) electrons. The van der Waals surface area contributed by atoms with Crippen molar-refractivity contribution >= 4 is 10.0 Å². The molecule has 0 atom stereocenters. The maximum absolute atomic E-state index is 11.4.